The largest absolute Gasteiger partial charge is 0.384 e. The first kappa shape index (κ1) is 12.7. The number of nitrogens with one attached hydrogen (secondary N) is 1. The van der Waals surface area contributed by atoms with Gasteiger partial charge in [0.25, 0.3) is 0 Å². The summed E-state index contributed by atoms with van der Waals surface area (Å²) in [6.45, 7) is 0.984. The molecule has 0 aliphatic rings. The third kappa shape index (κ3) is 5.28. The second-order valence-corrected chi connectivity index (χ2v) is 4.73. The third-order valence-corrected chi connectivity index (χ3v) is 3.11. The van der Waals surface area contributed by atoms with Gasteiger partial charge in [-0.25, -0.2) is 0 Å². The van der Waals surface area contributed by atoms with Crippen molar-refractivity contribution in [1.29, 1.82) is 0 Å². The first-order chi connectivity index (χ1) is 7.34. The molecule has 1 N–H and O–H groups in total. The molecule has 0 saturated heterocycles. The number of halogens is 1. The van der Waals surface area contributed by atoms with Crippen LogP contribution < -0.4 is 5.32 Å². The molecular formula is C11H17ClN2S. The lowest BCUT2D eigenvalue weighted by Gasteiger charge is -2.07. The van der Waals surface area contributed by atoms with Crippen molar-refractivity contribution in [2.45, 2.75) is 19.3 Å². The summed E-state index contributed by atoms with van der Waals surface area (Å²) in [5.41, 5.74) is 0.983. The van der Waals surface area contributed by atoms with Gasteiger partial charge < -0.3 is 5.32 Å². The molecule has 2 nitrogen and oxygen atoms in total. The number of hydrogen-bond donors (Lipinski definition) is 1. The van der Waals surface area contributed by atoms with Crippen molar-refractivity contribution in [2.24, 2.45) is 0 Å². The maximum atomic E-state index is 5.96. The van der Waals surface area contributed by atoms with E-state index in [4.69, 9.17) is 11.6 Å². The van der Waals surface area contributed by atoms with Gasteiger partial charge in [0, 0.05) is 18.9 Å². The highest BCUT2D eigenvalue weighted by Gasteiger charge is 1.97. The van der Waals surface area contributed by atoms with Gasteiger partial charge in [0.15, 0.2) is 0 Å². The summed E-state index contributed by atoms with van der Waals surface area (Å²) < 4.78 is 0. The standard InChI is InChI=1S/C11H17ClN2S/c1-15-8-4-2-3-6-14-11-5-7-13-9-10(11)12/h5,7,9H,2-4,6,8H2,1H3,(H,13,14). The molecule has 0 unspecified atom stereocenters. The Kier molecular flexibility index (Phi) is 6.60. The average Bonchev–Trinajstić information content (AvgIpc) is 2.25. The second kappa shape index (κ2) is 7.83. The van der Waals surface area contributed by atoms with Gasteiger partial charge >= 0.3 is 0 Å². The molecule has 0 atom stereocenters. The molecule has 1 heterocycles. The lowest BCUT2D eigenvalue weighted by atomic mass is 10.2. The molecular weight excluding hydrogens is 228 g/mol. The van der Waals surface area contributed by atoms with Crippen molar-refractivity contribution in [2.75, 3.05) is 23.9 Å². The highest BCUT2D eigenvalue weighted by atomic mass is 35.5. The van der Waals surface area contributed by atoms with Crippen LogP contribution in [0.5, 0.6) is 0 Å². The normalized spacial score (nSPS) is 10.3. The van der Waals surface area contributed by atoms with Crippen LogP contribution in [0.25, 0.3) is 0 Å². The van der Waals surface area contributed by atoms with Crippen LogP contribution >= 0.6 is 23.4 Å². The van der Waals surface area contributed by atoms with Crippen LogP contribution in [0.15, 0.2) is 18.5 Å². The lowest BCUT2D eigenvalue weighted by Crippen LogP contribution is -2.02. The zero-order valence-electron chi connectivity index (χ0n) is 9.00. The number of hydrogen-bond acceptors (Lipinski definition) is 3. The summed E-state index contributed by atoms with van der Waals surface area (Å²) in [7, 11) is 0. The van der Waals surface area contributed by atoms with Crippen molar-refractivity contribution in [3.05, 3.63) is 23.5 Å². The van der Waals surface area contributed by atoms with Crippen LogP contribution in [0.1, 0.15) is 19.3 Å². The van der Waals surface area contributed by atoms with Gasteiger partial charge in [-0.05, 0) is 30.9 Å². The molecule has 0 bridgehead atoms. The Morgan fingerprint density at radius 2 is 2.27 bits per heavy atom. The molecule has 0 aliphatic carbocycles. The Labute approximate surface area is 101 Å². The van der Waals surface area contributed by atoms with Crippen LogP contribution in [-0.2, 0) is 0 Å². The number of unbranched alkanes of at least 4 members (excludes halogenated alkanes) is 2. The van der Waals surface area contributed by atoms with E-state index < -0.39 is 0 Å². The van der Waals surface area contributed by atoms with E-state index in [0.717, 1.165) is 12.2 Å². The smallest absolute Gasteiger partial charge is 0.0820 e. The Bertz CT molecular complexity index is 281. The Hall–Kier alpha value is -0.410. The van der Waals surface area contributed by atoms with E-state index in [2.05, 4.69) is 16.6 Å². The van der Waals surface area contributed by atoms with Gasteiger partial charge in [-0.15, -0.1) is 0 Å². The molecule has 0 spiro atoms. The molecule has 0 saturated carbocycles. The van der Waals surface area contributed by atoms with E-state index in [1.54, 1.807) is 12.4 Å². The Morgan fingerprint density at radius 3 is 3.00 bits per heavy atom. The lowest BCUT2D eigenvalue weighted by molar-refractivity contribution is 0.750. The van der Waals surface area contributed by atoms with Crippen molar-refractivity contribution >= 4 is 29.1 Å². The molecule has 0 amide bonds. The first-order valence-corrected chi connectivity index (χ1v) is 6.94. The van der Waals surface area contributed by atoms with E-state index >= 15 is 0 Å². The zero-order chi connectivity index (χ0) is 10.9. The summed E-state index contributed by atoms with van der Waals surface area (Å²) in [5.74, 6) is 1.26. The SMILES string of the molecule is CSCCCCCNc1ccncc1Cl. The van der Waals surface area contributed by atoms with Crippen LogP contribution in [0.4, 0.5) is 5.69 Å². The van der Waals surface area contributed by atoms with Crippen molar-refractivity contribution in [3.63, 3.8) is 0 Å². The zero-order valence-corrected chi connectivity index (χ0v) is 10.6. The van der Waals surface area contributed by atoms with Crippen molar-refractivity contribution in [1.82, 2.24) is 4.98 Å². The summed E-state index contributed by atoms with van der Waals surface area (Å²) in [4.78, 5) is 3.94. The van der Waals surface area contributed by atoms with E-state index in [1.165, 1.54) is 25.0 Å². The third-order valence-electron chi connectivity index (χ3n) is 2.11. The minimum atomic E-state index is 0.696. The molecule has 0 aromatic carbocycles. The molecule has 1 aromatic rings. The number of aromatic nitrogens is 1. The molecule has 4 heteroatoms. The molecule has 1 aromatic heterocycles. The summed E-state index contributed by atoms with van der Waals surface area (Å²) in [5, 5.41) is 4.01. The van der Waals surface area contributed by atoms with Gasteiger partial charge in [-0.2, -0.15) is 11.8 Å². The van der Waals surface area contributed by atoms with E-state index in [0.29, 0.717) is 5.02 Å². The minimum Gasteiger partial charge on any atom is -0.384 e. The second-order valence-electron chi connectivity index (χ2n) is 3.34. The van der Waals surface area contributed by atoms with Crippen molar-refractivity contribution in [3.8, 4) is 0 Å². The fourth-order valence-electron chi connectivity index (χ4n) is 1.29. The van der Waals surface area contributed by atoms with Gasteiger partial charge in [-0.3, -0.25) is 4.98 Å². The van der Waals surface area contributed by atoms with Gasteiger partial charge in [0.2, 0.25) is 0 Å². The van der Waals surface area contributed by atoms with Crippen LogP contribution in [-0.4, -0.2) is 23.5 Å². The number of pyridine rings is 1. The molecule has 0 fully saturated rings. The summed E-state index contributed by atoms with van der Waals surface area (Å²) in [6.07, 6.45) is 9.33. The fraction of sp³-hybridized carbons (Fsp3) is 0.545. The quantitative estimate of drug-likeness (QED) is 0.741. The van der Waals surface area contributed by atoms with E-state index in [9.17, 15) is 0 Å². The molecule has 0 radical (unpaired) electrons. The van der Waals surface area contributed by atoms with Crippen LogP contribution in [0.3, 0.4) is 0 Å². The highest BCUT2D eigenvalue weighted by molar-refractivity contribution is 7.98. The average molecular weight is 245 g/mol. The van der Waals surface area contributed by atoms with Gasteiger partial charge in [-0.1, -0.05) is 18.0 Å². The van der Waals surface area contributed by atoms with Crippen molar-refractivity contribution < 1.29 is 0 Å². The highest BCUT2D eigenvalue weighted by Crippen LogP contribution is 2.18. The first-order valence-electron chi connectivity index (χ1n) is 5.17. The molecule has 15 heavy (non-hydrogen) atoms. The number of thioether (sulfide) groups is 1. The predicted octanol–water partition coefficient (Wildman–Crippen LogP) is 3.68. The summed E-state index contributed by atoms with van der Waals surface area (Å²) >= 11 is 7.87. The Morgan fingerprint density at radius 1 is 1.40 bits per heavy atom. The predicted molar refractivity (Wildman–Crippen MR) is 70.0 cm³/mol. The van der Waals surface area contributed by atoms with Crippen LogP contribution in [0, 0.1) is 0 Å². The van der Waals surface area contributed by atoms with Crippen LogP contribution in [0.2, 0.25) is 5.02 Å². The Balaban J connectivity index is 2.12. The maximum absolute atomic E-state index is 5.96. The minimum absolute atomic E-state index is 0.696. The van der Waals surface area contributed by atoms with E-state index in [1.807, 2.05) is 17.8 Å². The molecule has 1 rings (SSSR count). The topological polar surface area (TPSA) is 24.9 Å². The number of rotatable bonds is 7. The maximum Gasteiger partial charge on any atom is 0.0820 e. The van der Waals surface area contributed by atoms with Gasteiger partial charge in [0.1, 0.15) is 0 Å². The fourth-order valence-corrected chi connectivity index (χ4v) is 1.97. The monoisotopic (exact) mass is 244 g/mol. The molecule has 84 valence electrons. The van der Waals surface area contributed by atoms with Gasteiger partial charge in [0.05, 0.1) is 10.7 Å². The number of anilines is 1. The summed E-state index contributed by atoms with van der Waals surface area (Å²) in [6, 6.07) is 1.91. The number of nitrogens with zero attached hydrogens (tertiary/aromatic N) is 1. The molecule has 0 aliphatic heterocycles. The van der Waals surface area contributed by atoms with E-state index in [-0.39, 0.29) is 0 Å².